The number of nitrogens with one attached hydrogen (secondary N) is 4. The molecule has 1 aromatic heterocycles. The number of alkyl carbamates (subject to hydrolysis) is 1. The van der Waals surface area contributed by atoms with Crippen LogP contribution in [0.25, 0.3) is 0 Å². The van der Waals surface area contributed by atoms with Gasteiger partial charge in [0.1, 0.15) is 34.2 Å². The Hall–Kier alpha value is -4.81. The topological polar surface area (TPSA) is 218 Å². The highest BCUT2D eigenvalue weighted by atomic mass is 32.1. The molecule has 5 amide bonds. The number of ether oxygens (including phenoxy) is 3. The second-order valence-electron chi connectivity index (χ2n) is 20.7. The first kappa shape index (κ1) is 57.8. The van der Waals surface area contributed by atoms with Crippen molar-refractivity contribution in [3.8, 4) is 5.75 Å². The van der Waals surface area contributed by atoms with Crippen LogP contribution in [-0.2, 0) is 23.9 Å². The largest absolute Gasteiger partial charge is 0.481 e. The van der Waals surface area contributed by atoms with Gasteiger partial charge in [0.25, 0.3) is 5.91 Å². The summed E-state index contributed by atoms with van der Waals surface area (Å²) in [6, 6.07) is 5.76. The van der Waals surface area contributed by atoms with Crippen molar-refractivity contribution in [2.24, 2.45) is 17.8 Å². The number of piperidine rings is 1. The zero-order valence-corrected chi connectivity index (χ0v) is 44.5. The maximum atomic E-state index is 14.8. The fourth-order valence-electron chi connectivity index (χ4n) is 9.15. The molecule has 5 N–H and O–H groups in total. The molecule has 70 heavy (non-hydrogen) atoms. The summed E-state index contributed by atoms with van der Waals surface area (Å²) in [5, 5.41) is 24.0. The van der Waals surface area contributed by atoms with Crippen molar-refractivity contribution >= 4 is 47.2 Å². The molecule has 1 aliphatic heterocycles. The highest BCUT2D eigenvalue weighted by Crippen LogP contribution is 2.55. The van der Waals surface area contributed by atoms with Crippen LogP contribution in [0.4, 0.5) is 9.59 Å². The number of unbranched alkanes of at least 4 members (excludes halogenated alkanes) is 1. The first-order valence-corrected chi connectivity index (χ1v) is 26.5. The molecule has 1 aromatic carbocycles. The minimum Gasteiger partial charge on any atom is -0.481 e. The molecule has 0 radical (unpaired) electrons. The molecule has 2 unspecified atom stereocenters. The van der Waals surface area contributed by atoms with E-state index in [2.05, 4.69) is 40.0 Å². The molecule has 8 atom stereocenters. The Morgan fingerprint density at radius 1 is 0.957 bits per heavy atom. The van der Waals surface area contributed by atoms with E-state index in [-0.39, 0.29) is 53.8 Å². The number of nitrogens with zero attached hydrogens (tertiary/aromatic N) is 3. The lowest BCUT2D eigenvalue weighted by atomic mass is 9.92. The van der Waals surface area contributed by atoms with Crippen molar-refractivity contribution in [2.45, 2.75) is 181 Å². The van der Waals surface area contributed by atoms with E-state index in [1.165, 1.54) is 11.3 Å². The maximum Gasteiger partial charge on any atom is 0.412 e. The third kappa shape index (κ3) is 17.2. The average molecular weight is 998 g/mol. The Balaban J connectivity index is 1.45. The molecule has 0 spiro atoms. The van der Waals surface area contributed by atoms with E-state index >= 15 is 0 Å². The highest BCUT2D eigenvalue weighted by Gasteiger charge is 2.57. The molecule has 1 saturated carbocycles. The van der Waals surface area contributed by atoms with E-state index in [1.807, 2.05) is 51.8 Å². The van der Waals surface area contributed by atoms with Gasteiger partial charge in [-0.2, -0.15) is 0 Å². The van der Waals surface area contributed by atoms with Crippen LogP contribution in [0.5, 0.6) is 5.75 Å². The van der Waals surface area contributed by atoms with E-state index in [0.29, 0.717) is 62.7 Å². The fourth-order valence-corrected chi connectivity index (χ4v) is 10.0. The van der Waals surface area contributed by atoms with Crippen molar-refractivity contribution in [3.63, 3.8) is 0 Å². The van der Waals surface area contributed by atoms with Crippen LogP contribution in [-0.4, -0.2) is 125 Å². The number of carboxylic acids is 1. The van der Waals surface area contributed by atoms with Gasteiger partial charge in [-0.25, -0.2) is 14.6 Å². The number of rotatable bonds is 27. The van der Waals surface area contributed by atoms with Crippen LogP contribution < -0.4 is 26.0 Å². The van der Waals surface area contributed by atoms with Crippen molar-refractivity contribution in [3.05, 3.63) is 45.9 Å². The van der Waals surface area contributed by atoms with E-state index in [9.17, 15) is 33.9 Å². The zero-order valence-electron chi connectivity index (χ0n) is 43.7. The predicted octanol–water partition coefficient (Wildman–Crippen LogP) is 8.44. The lowest BCUT2D eigenvalue weighted by molar-refractivity contribution is -0.143. The second-order valence-corrected chi connectivity index (χ2v) is 21.6. The fraction of sp³-hybridized carbons (Fsp3) is 0.712. The van der Waals surface area contributed by atoms with Crippen molar-refractivity contribution < 1.29 is 48.1 Å². The zero-order chi connectivity index (χ0) is 51.8. The molecule has 4 rings (SSSR count). The molecule has 18 heteroatoms. The Kier molecular flexibility index (Phi) is 22.4. The SMILES string of the molecule is CCCO[C@H](C[C@H](C(C)C)N(CCC)C(=O)[C@@H](NC(=O)[C@H]1CCCCN1C)[C@@H](C)CC)c1nc(C(=O)NC2(C[C@H](C)C(=O)O)CC2c2ccc(OC(=O)NCCCCNC(=O)OC(C)(C)C)cc2)cs1. The van der Waals surface area contributed by atoms with Gasteiger partial charge in [-0.1, -0.05) is 73.4 Å². The van der Waals surface area contributed by atoms with Crippen LogP contribution >= 0.6 is 11.3 Å². The molecule has 2 heterocycles. The summed E-state index contributed by atoms with van der Waals surface area (Å²) in [5.41, 5.74) is -0.380. The lowest BCUT2D eigenvalue weighted by Gasteiger charge is -2.40. The number of carbonyl (C=O) groups excluding carboxylic acids is 5. The number of amides is 5. The van der Waals surface area contributed by atoms with Gasteiger partial charge in [0.2, 0.25) is 11.8 Å². The Labute approximate surface area is 420 Å². The van der Waals surface area contributed by atoms with Gasteiger partial charge in [0, 0.05) is 55.5 Å². The van der Waals surface area contributed by atoms with Crippen LogP contribution in [0.15, 0.2) is 29.6 Å². The summed E-state index contributed by atoms with van der Waals surface area (Å²) in [4.78, 5) is 88.0. The van der Waals surface area contributed by atoms with Gasteiger partial charge in [-0.3, -0.25) is 24.1 Å². The number of benzene rings is 1. The Morgan fingerprint density at radius 2 is 1.63 bits per heavy atom. The predicted molar refractivity (Wildman–Crippen MR) is 271 cm³/mol. The number of thiazole rings is 1. The van der Waals surface area contributed by atoms with Gasteiger partial charge < -0.3 is 45.5 Å². The summed E-state index contributed by atoms with van der Waals surface area (Å²) in [6.45, 7) is 21.9. The number of likely N-dealkylation sites (tertiary alicyclic amines) is 1. The van der Waals surface area contributed by atoms with Crippen LogP contribution in [0.2, 0.25) is 0 Å². The van der Waals surface area contributed by atoms with E-state index in [4.69, 9.17) is 19.2 Å². The van der Waals surface area contributed by atoms with Gasteiger partial charge >= 0.3 is 18.2 Å². The van der Waals surface area contributed by atoms with Gasteiger partial charge in [-0.15, -0.1) is 11.3 Å². The van der Waals surface area contributed by atoms with Crippen molar-refractivity contribution in [2.75, 3.05) is 39.8 Å². The third-order valence-corrected chi connectivity index (χ3v) is 14.3. The average Bonchev–Trinajstić information content (AvgIpc) is 3.75. The molecular weight excluding hydrogens is 915 g/mol. The first-order valence-electron chi connectivity index (χ1n) is 25.6. The first-order chi connectivity index (χ1) is 33.1. The maximum absolute atomic E-state index is 14.8. The molecule has 2 fully saturated rings. The van der Waals surface area contributed by atoms with Crippen LogP contribution in [0, 0.1) is 17.8 Å². The number of aliphatic carboxylic acids is 1. The van der Waals surface area contributed by atoms with Crippen molar-refractivity contribution in [1.82, 2.24) is 36.1 Å². The van der Waals surface area contributed by atoms with Gasteiger partial charge in [0.05, 0.1) is 12.0 Å². The summed E-state index contributed by atoms with van der Waals surface area (Å²) < 4.78 is 17.2. The molecule has 2 aliphatic rings. The van der Waals surface area contributed by atoms with E-state index < -0.39 is 53.3 Å². The number of carbonyl (C=O) groups is 6. The molecule has 0 bridgehead atoms. The lowest BCUT2D eigenvalue weighted by Crippen LogP contribution is -2.58. The molecule has 17 nitrogen and oxygen atoms in total. The number of hydrogen-bond donors (Lipinski definition) is 5. The summed E-state index contributed by atoms with van der Waals surface area (Å²) >= 11 is 1.32. The molecule has 1 saturated heterocycles. The molecular formula is C52H83N7O10S. The number of aromatic nitrogens is 1. The number of likely N-dealkylation sites (N-methyl/N-ethyl adjacent to an activating group) is 1. The summed E-state index contributed by atoms with van der Waals surface area (Å²) in [5.74, 6) is -2.27. The molecule has 392 valence electrons. The van der Waals surface area contributed by atoms with E-state index in [1.54, 1.807) is 45.2 Å². The summed E-state index contributed by atoms with van der Waals surface area (Å²) in [6.07, 6.45) is 5.73. The van der Waals surface area contributed by atoms with Crippen LogP contribution in [0.3, 0.4) is 0 Å². The minimum absolute atomic E-state index is 0.0296. The smallest absolute Gasteiger partial charge is 0.412 e. The van der Waals surface area contributed by atoms with Crippen LogP contribution in [0.1, 0.15) is 173 Å². The molecule has 1 aliphatic carbocycles. The minimum atomic E-state index is -0.967. The Bertz CT molecular complexity index is 2030. The van der Waals surface area contributed by atoms with Gasteiger partial charge in [-0.05, 0) is 115 Å². The Morgan fingerprint density at radius 3 is 2.21 bits per heavy atom. The second kappa shape index (κ2) is 27.1. The van der Waals surface area contributed by atoms with Gasteiger partial charge in [0.15, 0.2) is 0 Å². The van der Waals surface area contributed by atoms with Crippen molar-refractivity contribution in [1.29, 1.82) is 0 Å². The molecule has 2 aromatic rings. The van der Waals surface area contributed by atoms with E-state index in [0.717, 1.165) is 50.6 Å². The number of hydrogen-bond acceptors (Lipinski definition) is 12. The quantitative estimate of drug-likeness (QED) is 0.0533. The number of carboxylic acid groups (broad SMARTS) is 1. The highest BCUT2D eigenvalue weighted by molar-refractivity contribution is 7.09. The standard InChI is InChI=1S/C52H83N7O10S/c1-12-26-59(47(62)43(34(6)14-3)56-45(61)40-19-15-18-27-58(40)11)41(33(4)5)29-42(67-28-13-2)46-55-39(32-70-46)44(60)57-52(30-35(7)48(63)64)31-38(52)36-20-22-37(23-21-36)68-49(65)53-24-16-17-25-54-50(66)69-51(8,9)10/h20-23,32-35,38,40-43H,12-19,24-31H2,1-11H3,(H,53,65)(H,54,66)(H,56,61)(H,57,60)(H,63,64)/t34-,35-,38?,40+,41+,42+,43-,52?/m0/s1. The monoisotopic (exact) mass is 998 g/mol. The third-order valence-electron chi connectivity index (χ3n) is 13.3. The normalized spacial score (nSPS) is 20.3. The summed E-state index contributed by atoms with van der Waals surface area (Å²) in [7, 11) is 1.97.